The van der Waals surface area contributed by atoms with Gasteiger partial charge in [-0.1, -0.05) is 6.07 Å². The van der Waals surface area contributed by atoms with Gasteiger partial charge in [0.1, 0.15) is 0 Å². The minimum Gasteiger partial charge on any atom is -0.494 e. The van der Waals surface area contributed by atoms with E-state index in [2.05, 4.69) is 41.0 Å². The van der Waals surface area contributed by atoms with Crippen molar-refractivity contribution >= 4 is 29.9 Å². The average molecular weight is 564 g/mol. The van der Waals surface area contributed by atoms with Crippen LogP contribution in [-0.4, -0.2) is 99.9 Å². The standard InChI is InChI=1S/C23H38FN5O2.HI/c1-5-25-22(26-18-23(27(2)3)8-14-31-15-9-23)29-12-10-28(11-13-29)17-19-6-7-21(30-4)20(24)16-19;/h6-7,16H,5,8-15,17-18H2,1-4H3,(H,25,26);1H. The molecule has 0 amide bonds. The summed E-state index contributed by atoms with van der Waals surface area (Å²) in [6, 6.07) is 5.22. The van der Waals surface area contributed by atoms with Crippen LogP contribution in [0.3, 0.4) is 0 Å². The Morgan fingerprint density at radius 3 is 2.47 bits per heavy atom. The molecule has 1 N–H and O–H groups in total. The lowest BCUT2D eigenvalue weighted by Gasteiger charge is -2.42. The zero-order valence-corrected chi connectivity index (χ0v) is 22.2. The van der Waals surface area contributed by atoms with Crippen molar-refractivity contribution in [1.29, 1.82) is 0 Å². The Balaban J connectivity index is 0.00000363. The van der Waals surface area contributed by atoms with Gasteiger partial charge in [0.25, 0.3) is 0 Å². The molecule has 0 aromatic heterocycles. The highest BCUT2D eigenvalue weighted by Crippen LogP contribution is 2.26. The number of halogens is 2. The second-order valence-electron chi connectivity index (χ2n) is 8.63. The Morgan fingerprint density at radius 2 is 1.91 bits per heavy atom. The van der Waals surface area contributed by atoms with Crippen LogP contribution in [0, 0.1) is 5.82 Å². The van der Waals surface area contributed by atoms with Gasteiger partial charge >= 0.3 is 0 Å². The van der Waals surface area contributed by atoms with E-state index >= 15 is 0 Å². The van der Waals surface area contributed by atoms with Gasteiger partial charge in [0, 0.05) is 58.0 Å². The number of aliphatic imine (C=N–C) groups is 1. The Hall–Kier alpha value is -1.17. The van der Waals surface area contributed by atoms with Crippen molar-refractivity contribution in [2.45, 2.75) is 31.8 Å². The van der Waals surface area contributed by atoms with Gasteiger partial charge < -0.3 is 24.6 Å². The lowest BCUT2D eigenvalue weighted by atomic mass is 9.89. The largest absolute Gasteiger partial charge is 0.494 e. The molecule has 0 atom stereocenters. The first-order valence-corrected chi connectivity index (χ1v) is 11.3. The highest BCUT2D eigenvalue weighted by Gasteiger charge is 2.35. The van der Waals surface area contributed by atoms with Gasteiger partial charge in [-0.3, -0.25) is 9.89 Å². The number of guanidine groups is 1. The highest BCUT2D eigenvalue weighted by molar-refractivity contribution is 14.0. The number of rotatable bonds is 7. The first-order valence-electron chi connectivity index (χ1n) is 11.3. The number of likely N-dealkylation sites (N-methyl/N-ethyl adjacent to an activating group) is 1. The van der Waals surface area contributed by atoms with Crippen LogP contribution in [0.25, 0.3) is 0 Å². The molecule has 2 heterocycles. The summed E-state index contributed by atoms with van der Waals surface area (Å²) in [5.74, 6) is 0.980. The average Bonchev–Trinajstić information content (AvgIpc) is 2.78. The minimum atomic E-state index is -0.303. The molecular formula is C23H39FIN5O2. The second kappa shape index (κ2) is 12.9. The highest BCUT2D eigenvalue weighted by atomic mass is 127. The Bertz CT molecular complexity index is 735. The predicted molar refractivity (Wildman–Crippen MR) is 138 cm³/mol. The van der Waals surface area contributed by atoms with E-state index in [1.807, 2.05) is 6.07 Å². The number of piperazine rings is 1. The van der Waals surface area contributed by atoms with Crippen LogP contribution in [0.15, 0.2) is 23.2 Å². The number of ether oxygens (including phenoxy) is 2. The summed E-state index contributed by atoms with van der Waals surface area (Å²) < 4.78 is 24.6. The number of hydrogen-bond acceptors (Lipinski definition) is 5. The summed E-state index contributed by atoms with van der Waals surface area (Å²) in [5.41, 5.74) is 1.04. The summed E-state index contributed by atoms with van der Waals surface area (Å²) in [6.07, 6.45) is 2.02. The molecule has 9 heteroatoms. The first kappa shape index (κ1) is 27.1. The van der Waals surface area contributed by atoms with Crippen molar-refractivity contribution in [3.63, 3.8) is 0 Å². The van der Waals surface area contributed by atoms with Gasteiger partial charge in [-0.25, -0.2) is 4.39 Å². The SMILES string of the molecule is CCNC(=NCC1(N(C)C)CCOCC1)N1CCN(Cc2ccc(OC)c(F)c2)CC1.I. The van der Waals surface area contributed by atoms with Crippen LogP contribution in [0.2, 0.25) is 0 Å². The topological polar surface area (TPSA) is 52.6 Å². The molecule has 0 bridgehead atoms. The van der Waals surface area contributed by atoms with Crippen molar-refractivity contribution in [3.8, 4) is 5.75 Å². The van der Waals surface area contributed by atoms with E-state index in [0.717, 1.165) is 83.4 Å². The molecule has 2 aliphatic heterocycles. The van der Waals surface area contributed by atoms with Crippen LogP contribution in [0.1, 0.15) is 25.3 Å². The monoisotopic (exact) mass is 563 g/mol. The zero-order chi connectivity index (χ0) is 22.3. The molecule has 0 saturated carbocycles. The lowest BCUT2D eigenvalue weighted by molar-refractivity contribution is -0.00268. The van der Waals surface area contributed by atoms with Gasteiger partial charge in [-0.05, 0) is 51.6 Å². The molecule has 0 spiro atoms. The molecule has 2 saturated heterocycles. The summed E-state index contributed by atoms with van der Waals surface area (Å²) in [5, 5.41) is 3.48. The Kier molecular flexibility index (Phi) is 10.9. The maximum absolute atomic E-state index is 14.0. The third-order valence-corrected chi connectivity index (χ3v) is 6.52. The van der Waals surface area contributed by atoms with E-state index in [4.69, 9.17) is 14.5 Å². The molecule has 32 heavy (non-hydrogen) atoms. The number of methoxy groups -OCH3 is 1. The molecule has 2 aliphatic rings. The van der Waals surface area contributed by atoms with Crippen molar-refractivity contribution in [1.82, 2.24) is 20.0 Å². The van der Waals surface area contributed by atoms with Gasteiger partial charge in [0.05, 0.1) is 13.7 Å². The van der Waals surface area contributed by atoms with Crippen LogP contribution in [0.5, 0.6) is 5.75 Å². The van der Waals surface area contributed by atoms with Crippen LogP contribution >= 0.6 is 24.0 Å². The van der Waals surface area contributed by atoms with E-state index in [-0.39, 0.29) is 35.3 Å². The number of nitrogens with one attached hydrogen (secondary N) is 1. The molecule has 3 rings (SSSR count). The fraction of sp³-hybridized carbons (Fsp3) is 0.696. The fourth-order valence-corrected chi connectivity index (χ4v) is 4.33. The van der Waals surface area contributed by atoms with E-state index < -0.39 is 0 Å². The quantitative estimate of drug-likeness (QED) is 0.313. The summed E-state index contributed by atoms with van der Waals surface area (Å²) in [7, 11) is 5.78. The van der Waals surface area contributed by atoms with Crippen LogP contribution in [-0.2, 0) is 11.3 Å². The van der Waals surface area contributed by atoms with E-state index in [9.17, 15) is 4.39 Å². The molecule has 182 valence electrons. The van der Waals surface area contributed by atoms with Crippen molar-refractivity contribution in [2.75, 3.05) is 73.7 Å². The molecule has 0 unspecified atom stereocenters. The molecular weight excluding hydrogens is 524 g/mol. The molecule has 0 aliphatic carbocycles. The van der Waals surface area contributed by atoms with E-state index in [1.54, 1.807) is 12.1 Å². The third-order valence-electron chi connectivity index (χ3n) is 6.52. The second-order valence-corrected chi connectivity index (χ2v) is 8.63. The molecule has 0 radical (unpaired) electrons. The lowest BCUT2D eigenvalue weighted by Crippen LogP contribution is -2.54. The third kappa shape index (κ3) is 6.91. The van der Waals surface area contributed by atoms with Gasteiger partial charge in [-0.2, -0.15) is 0 Å². The first-order chi connectivity index (χ1) is 15.0. The molecule has 1 aromatic carbocycles. The molecule has 2 fully saturated rings. The van der Waals surface area contributed by atoms with Crippen molar-refractivity contribution < 1.29 is 13.9 Å². The minimum absolute atomic E-state index is 0. The molecule has 7 nitrogen and oxygen atoms in total. The van der Waals surface area contributed by atoms with Crippen molar-refractivity contribution in [2.24, 2.45) is 4.99 Å². The maximum Gasteiger partial charge on any atom is 0.194 e. The van der Waals surface area contributed by atoms with Gasteiger partial charge in [0.2, 0.25) is 0 Å². The Labute approximate surface area is 209 Å². The van der Waals surface area contributed by atoms with Crippen LogP contribution < -0.4 is 10.1 Å². The van der Waals surface area contributed by atoms with Crippen molar-refractivity contribution in [3.05, 3.63) is 29.6 Å². The number of hydrogen-bond donors (Lipinski definition) is 1. The van der Waals surface area contributed by atoms with Gasteiger partial charge in [0.15, 0.2) is 17.5 Å². The number of nitrogens with zero attached hydrogens (tertiary/aromatic N) is 4. The number of benzene rings is 1. The normalized spacial score (nSPS) is 19.6. The summed E-state index contributed by atoms with van der Waals surface area (Å²) in [6.45, 7) is 9.73. The zero-order valence-electron chi connectivity index (χ0n) is 19.9. The Morgan fingerprint density at radius 1 is 1.22 bits per heavy atom. The maximum atomic E-state index is 14.0. The van der Waals surface area contributed by atoms with E-state index in [0.29, 0.717) is 5.75 Å². The summed E-state index contributed by atoms with van der Waals surface area (Å²) in [4.78, 5) is 12.1. The summed E-state index contributed by atoms with van der Waals surface area (Å²) >= 11 is 0. The van der Waals surface area contributed by atoms with Gasteiger partial charge in [-0.15, -0.1) is 24.0 Å². The fourth-order valence-electron chi connectivity index (χ4n) is 4.33. The molecule has 1 aromatic rings. The smallest absolute Gasteiger partial charge is 0.194 e. The van der Waals surface area contributed by atoms with E-state index in [1.165, 1.54) is 7.11 Å². The van der Waals surface area contributed by atoms with Crippen LogP contribution in [0.4, 0.5) is 4.39 Å². The predicted octanol–water partition coefficient (Wildman–Crippen LogP) is 2.65.